The third-order valence-corrected chi connectivity index (χ3v) is 3.46. The fourth-order valence-electron chi connectivity index (χ4n) is 2.35. The van der Waals surface area contributed by atoms with E-state index >= 15 is 0 Å². The molecule has 2 heterocycles. The van der Waals surface area contributed by atoms with Gasteiger partial charge in [-0.25, -0.2) is 0 Å². The van der Waals surface area contributed by atoms with Gasteiger partial charge in [-0.3, -0.25) is 10.1 Å². The molecule has 0 aliphatic heterocycles. The SMILES string of the molecule is COc1cc(-c2[nH]nc(N)c2-c2ccncc2)ccc1C. The minimum atomic E-state index is 0.468. The van der Waals surface area contributed by atoms with E-state index in [2.05, 4.69) is 15.2 Å². The second-order valence-electron chi connectivity index (χ2n) is 4.78. The average molecular weight is 280 g/mol. The Morgan fingerprint density at radius 3 is 2.57 bits per heavy atom. The molecule has 5 nitrogen and oxygen atoms in total. The van der Waals surface area contributed by atoms with E-state index in [1.807, 2.05) is 37.3 Å². The second-order valence-corrected chi connectivity index (χ2v) is 4.78. The molecule has 0 unspecified atom stereocenters. The van der Waals surface area contributed by atoms with E-state index in [1.54, 1.807) is 19.5 Å². The lowest BCUT2D eigenvalue weighted by atomic mass is 10.0. The summed E-state index contributed by atoms with van der Waals surface area (Å²) >= 11 is 0. The molecular weight excluding hydrogens is 264 g/mol. The first-order valence-corrected chi connectivity index (χ1v) is 6.60. The van der Waals surface area contributed by atoms with Gasteiger partial charge in [-0.05, 0) is 36.2 Å². The highest BCUT2D eigenvalue weighted by molar-refractivity contribution is 5.87. The van der Waals surface area contributed by atoms with E-state index in [0.717, 1.165) is 33.7 Å². The summed E-state index contributed by atoms with van der Waals surface area (Å²) in [7, 11) is 1.66. The highest BCUT2D eigenvalue weighted by atomic mass is 16.5. The monoisotopic (exact) mass is 280 g/mol. The van der Waals surface area contributed by atoms with Crippen molar-refractivity contribution in [3.63, 3.8) is 0 Å². The number of anilines is 1. The molecule has 0 fully saturated rings. The van der Waals surface area contributed by atoms with Crippen LogP contribution < -0.4 is 10.5 Å². The predicted octanol–water partition coefficient (Wildman–Crippen LogP) is 3.04. The van der Waals surface area contributed by atoms with Crippen molar-refractivity contribution >= 4 is 5.82 Å². The summed E-state index contributed by atoms with van der Waals surface area (Å²) in [5.41, 5.74) is 10.8. The molecule has 5 heteroatoms. The summed E-state index contributed by atoms with van der Waals surface area (Å²) in [6.07, 6.45) is 3.47. The highest BCUT2D eigenvalue weighted by Crippen LogP contribution is 2.36. The van der Waals surface area contributed by atoms with Crippen LogP contribution in [0.2, 0.25) is 0 Å². The average Bonchev–Trinajstić information content (AvgIpc) is 2.90. The topological polar surface area (TPSA) is 76.8 Å². The molecule has 3 aromatic rings. The van der Waals surface area contributed by atoms with Crippen molar-refractivity contribution in [3.05, 3.63) is 48.3 Å². The number of ether oxygens (including phenoxy) is 1. The van der Waals surface area contributed by atoms with Gasteiger partial charge < -0.3 is 10.5 Å². The maximum absolute atomic E-state index is 6.02. The molecule has 0 radical (unpaired) electrons. The van der Waals surface area contributed by atoms with Crippen LogP contribution in [-0.4, -0.2) is 22.3 Å². The molecule has 0 atom stereocenters. The van der Waals surface area contributed by atoms with Gasteiger partial charge in [-0.2, -0.15) is 5.10 Å². The Bertz CT molecular complexity index is 765. The van der Waals surface area contributed by atoms with Gasteiger partial charge in [-0.1, -0.05) is 12.1 Å². The zero-order chi connectivity index (χ0) is 14.8. The Morgan fingerprint density at radius 2 is 1.86 bits per heavy atom. The normalized spacial score (nSPS) is 10.6. The number of hydrogen-bond acceptors (Lipinski definition) is 4. The van der Waals surface area contributed by atoms with Crippen molar-refractivity contribution < 1.29 is 4.74 Å². The summed E-state index contributed by atoms with van der Waals surface area (Å²) in [6.45, 7) is 2.01. The number of aromatic nitrogens is 3. The summed E-state index contributed by atoms with van der Waals surface area (Å²) in [4.78, 5) is 4.03. The molecule has 3 N–H and O–H groups in total. The minimum Gasteiger partial charge on any atom is -0.496 e. The number of aryl methyl sites for hydroxylation is 1. The van der Waals surface area contributed by atoms with Crippen LogP contribution in [0.4, 0.5) is 5.82 Å². The number of aromatic amines is 1. The van der Waals surface area contributed by atoms with Crippen molar-refractivity contribution in [1.29, 1.82) is 0 Å². The summed E-state index contributed by atoms with van der Waals surface area (Å²) < 4.78 is 5.38. The van der Waals surface area contributed by atoms with Gasteiger partial charge in [0.25, 0.3) is 0 Å². The van der Waals surface area contributed by atoms with Crippen LogP contribution in [0.15, 0.2) is 42.7 Å². The Labute approximate surface area is 122 Å². The van der Waals surface area contributed by atoms with Crippen molar-refractivity contribution in [2.75, 3.05) is 12.8 Å². The van der Waals surface area contributed by atoms with Crippen LogP contribution in [0.3, 0.4) is 0 Å². The van der Waals surface area contributed by atoms with Crippen LogP contribution in [0.5, 0.6) is 5.75 Å². The summed E-state index contributed by atoms with van der Waals surface area (Å²) in [6, 6.07) is 9.84. The van der Waals surface area contributed by atoms with E-state index in [0.29, 0.717) is 5.82 Å². The summed E-state index contributed by atoms with van der Waals surface area (Å²) in [5, 5.41) is 7.15. The number of nitrogen functional groups attached to an aromatic ring is 1. The Kier molecular flexibility index (Phi) is 3.31. The predicted molar refractivity (Wildman–Crippen MR) is 83.0 cm³/mol. The molecule has 0 saturated heterocycles. The molecular formula is C16H16N4O. The largest absolute Gasteiger partial charge is 0.496 e. The fraction of sp³-hybridized carbons (Fsp3) is 0.125. The number of nitrogens with zero attached hydrogens (tertiary/aromatic N) is 2. The van der Waals surface area contributed by atoms with Crippen LogP contribution in [0.25, 0.3) is 22.4 Å². The number of benzene rings is 1. The molecule has 2 aromatic heterocycles. The molecule has 0 aliphatic rings. The molecule has 0 amide bonds. The second kappa shape index (κ2) is 5.28. The van der Waals surface area contributed by atoms with E-state index < -0.39 is 0 Å². The molecule has 0 aliphatic carbocycles. The first-order valence-electron chi connectivity index (χ1n) is 6.60. The number of H-pyrrole nitrogens is 1. The maximum atomic E-state index is 6.02. The molecule has 0 bridgehead atoms. The van der Waals surface area contributed by atoms with E-state index in [4.69, 9.17) is 10.5 Å². The number of nitrogens with two attached hydrogens (primary N) is 1. The number of methoxy groups -OCH3 is 1. The molecule has 1 aromatic carbocycles. The van der Waals surface area contributed by atoms with Crippen molar-refractivity contribution in [1.82, 2.24) is 15.2 Å². The minimum absolute atomic E-state index is 0.468. The van der Waals surface area contributed by atoms with Gasteiger partial charge in [0.2, 0.25) is 0 Å². The lowest BCUT2D eigenvalue weighted by molar-refractivity contribution is 0.412. The van der Waals surface area contributed by atoms with Gasteiger partial charge in [0.15, 0.2) is 5.82 Å². The van der Waals surface area contributed by atoms with Gasteiger partial charge in [0, 0.05) is 18.0 Å². The Balaban J connectivity index is 2.17. The van der Waals surface area contributed by atoms with Crippen LogP contribution >= 0.6 is 0 Å². The molecule has 21 heavy (non-hydrogen) atoms. The number of pyridine rings is 1. The van der Waals surface area contributed by atoms with E-state index in [-0.39, 0.29) is 0 Å². The first kappa shape index (κ1) is 13.2. The summed E-state index contributed by atoms with van der Waals surface area (Å²) in [5.74, 6) is 1.30. The third-order valence-electron chi connectivity index (χ3n) is 3.46. The standard InChI is InChI=1S/C16H16N4O/c1-10-3-4-12(9-13(10)21-2)15-14(16(17)20-19-15)11-5-7-18-8-6-11/h3-9H,1-2H3,(H3,17,19,20). The van der Waals surface area contributed by atoms with E-state index in [1.165, 1.54) is 0 Å². The lowest BCUT2D eigenvalue weighted by Gasteiger charge is -2.08. The van der Waals surface area contributed by atoms with Gasteiger partial charge in [0.1, 0.15) is 5.75 Å². The van der Waals surface area contributed by atoms with Crippen LogP contribution in [-0.2, 0) is 0 Å². The first-order chi connectivity index (χ1) is 10.2. The van der Waals surface area contributed by atoms with Crippen molar-refractivity contribution in [2.24, 2.45) is 0 Å². The van der Waals surface area contributed by atoms with Crippen molar-refractivity contribution in [2.45, 2.75) is 6.92 Å². The Morgan fingerprint density at radius 1 is 1.10 bits per heavy atom. The number of rotatable bonds is 3. The molecule has 3 rings (SSSR count). The highest BCUT2D eigenvalue weighted by Gasteiger charge is 2.15. The van der Waals surface area contributed by atoms with Gasteiger partial charge >= 0.3 is 0 Å². The Hall–Kier alpha value is -2.82. The smallest absolute Gasteiger partial charge is 0.153 e. The lowest BCUT2D eigenvalue weighted by Crippen LogP contribution is -1.91. The zero-order valence-corrected chi connectivity index (χ0v) is 11.9. The molecule has 0 saturated carbocycles. The van der Waals surface area contributed by atoms with E-state index in [9.17, 15) is 0 Å². The molecule has 106 valence electrons. The number of nitrogens with one attached hydrogen (secondary N) is 1. The van der Waals surface area contributed by atoms with Crippen molar-refractivity contribution in [3.8, 4) is 28.1 Å². The quantitative estimate of drug-likeness (QED) is 0.773. The maximum Gasteiger partial charge on any atom is 0.153 e. The fourth-order valence-corrected chi connectivity index (χ4v) is 2.35. The van der Waals surface area contributed by atoms with Gasteiger partial charge in [-0.15, -0.1) is 0 Å². The van der Waals surface area contributed by atoms with Crippen LogP contribution in [0.1, 0.15) is 5.56 Å². The zero-order valence-electron chi connectivity index (χ0n) is 11.9. The number of hydrogen-bond donors (Lipinski definition) is 2. The van der Waals surface area contributed by atoms with Gasteiger partial charge in [0.05, 0.1) is 18.4 Å². The molecule has 0 spiro atoms. The van der Waals surface area contributed by atoms with Crippen LogP contribution in [0, 0.1) is 6.92 Å². The third kappa shape index (κ3) is 2.33.